The number of hydrogen-bond acceptors (Lipinski definition) is 1. The quantitative estimate of drug-likeness (QED) is 0.610. The Labute approximate surface area is 60.9 Å². The van der Waals surface area contributed by atoms with Crippen LogP contribution in [0.1, 0.15) is 29.8 Å². The molecule has 0 amide bonds. The van der Waals surface area contributed by atoms with Crippen molar-refractivity contribution >= 4 is 0 Å². The lowest BCUT2D eigenvalue weighted by atomic mass is 10.1. The average Bonchev–Trinajstić information content (AvgIpc) is 2.11. The van der Waals surface area contributed by atoms with Crippen molar-refractivity contribution in [3.63, 3.8) is 0 Å². The molecule has 1 heterocycles. The molecule has 0 bridgehead atoms. The predicted molar refractivity (Wildman–Crippen MR) is 40.9 cm³/mol. The van der Waals surface area contributed by atoms with Gasteiger partial charge in [-0.05, 0) is 26.3 Å². The molecule has 56 valence electrons. The van der Waals surface area contributed by atoms with Gasteiger partial charge in [-0.15, -0.1) is 0 Å². The highest BCUT2D eigenvalue weighted by atomic mass is 16.3. The molecule has 0 aliphatic rings. The molecule has 1 aromatic heterocycles. The van der Waals surface area contributed by atoms with Crippen LogP contribution in [0.2, 0.25) is 0 Å². The van der Waals surface area contributed by atoms with E-state index in [1.54, 1.807) is 6.92 Å². The molecule has 2 nitrogen and oxygen atoms in total. The van der Waals surface area contributed by atoms with E-state index >= 15 is 0 Å². The van der Waals surface area contributed by atoms with Crippen molar-refractivity contribution in [2.24, 2.45) is 0 Å². The molecule has 2 heteroatoms. The van der Waals surface area contributed by atoms with E-state index < -0.39 is 0 Å². The first-order valence-corrected chi connectivity index (χ1v) is 3.45. The van der Waals surface area contributed by atoms with Crippen LogP contribution in [0.5, 0.6) is 0 Å². The number of H-pyrrole nitrogens is 1. The van der Waals surface area contributed by atoms with Crippen LogP contribution in [0.4, 0.5) is 0 Å². The third-order valence-electron chi connectivity index (χ3n) is 1.75. The second-order valence-corrected chi connectivity index (χ2v) is 2.69. The first-order chi connectivity index (χ1) is 4.63. The van der Waals surface area contributed by atoms with Gasteiger partial charge in [0.1, 0.15) is 0 Å². The van der Waals surface area contributed by atoms with Crippen molar-refractivity contribution < 1.29 is 5.11 Å². The highest BCUT2D eigenvalue weighted by Crippen LogP contribution is 2.19. The van der Waals surface area contributed by atoms with Crippen molar-refractivity contribution in [2.45, 2.75) is 26.9 Å². The summed E-state index contributed by atoms with van der Waals surface area (Å²) < 4.78 is 0. The Morgan fingerprint density at radius 1 is 1.50 bits per heavy atom. The zero-order valence-corrected chi connectivity index (χ0v) is 6.60. The fourth-order valence-corrected chi connectivity index (χ4v) is 1.31. The molecule has 10 heavy (non-hydrogen) atoms. The molecule has 1 atom stereocenters. The molecule has 0 saturated heterocycles. The van der Waals surface area contributed by atoms with E-state index in [1.165, 1.54) is 0 Å². The lowest BCUT2D eigenvalue weighted by molar-refractivity contribution is 0.198. The Bertz CT molecular complexity index is 206. The zero-order valence-electron chi connectivity index (χ0n) is 6.60. The zero-order chi connectivity index (χ0) is 7.72. The Balaban J connectivity index is 3.10. The lowest BCUT2D eigenvalue weighted by Crippen LogP contribution is -1.93. The van der Waals surface area contributed by atoms with Crippen LogP contribution in [0.25, 0.3) is 0 Å². The highest BCUT2D eigenvalue weighted by molar-refractivity contribution is 5.30. The van der Waals surface area contributed by atoms with Crippen molar-refractivity contribution in [1.29, 1.82) is 0 Å². The van der Waals surface area contributed by atoms with Gasteiger partial charge in [0.05, 0.1) is 6.10 Å². The SMILES string of the molecule is Cc1c[nH]c(C)c1[C@@H](C)O. The Morgan fingerprint density at radius 2 is 2.10 bits per heavy atom. The van der Waals surface area contributed by atoms with Crippen molar-refractivity contribution in [3.05, 3.63) is 23.0 Å². The van der Waals surface area contributed by atoms with Crippen LogP contribution in [0, 0.1) is 13.8 Å². The Kier molecular flexibility index (Phi) is 1.81. The number of aromatic amines is 1. The van der Waals surface area contributed by atoms with Crippen molar-refractivity contribution in [3.8, 4) is 0 Å². The molecular weight excluding hydrogens is 126 g/mol. The summed E-state index contributed by atoms with van der Waals surface area (Å²) in [6.07, 6.45) is 1.56. The molecule has 0 saturated carbocycles. The molecule has 2 N–H and O–H groups in total. The topological polar surface area (TPSA) is 36.0 Å². The Morgan fingerprint density at radius 3 is 2.30 bits per heavy atom. The molecule has 1 rings (SSSR count). The molecular formula is C8H13NO. The van der Waals surface area contributed by atoms with Gasteiger partial charge in [0, 0.05) is 17.5 Å². The summed E-state index contributed by atoms with van der Waals surface area (Å²) in [5.74, 6) is 0. The van der Waals surface area contributed by atoms with Gasteiger partial charge in [-0.2, -0.15) is 0 Å². The van der Waals surface area contributed by atoms with E-state index in [9.17, 15) is 5.11 Å². The number of rotatable bonds is 1. The van der Waals surface area contributed by atoms with E-state index in [0.717, 1.165) is 16.8 Å². The molecule has 0 fully saturated rings. The van der Waals surface area contributed by atoms with E-state index in [1.807, 2.05) is 20.0 Å². The van der Waals surface area contributed by atoms with Crippen molar-refractivity contribution in [1.82, 2.24) is 4.98 Å². The largest absolute Gasteiger partial charge is 0.389 e. The minimum atomic E-state index is -0.355. The number of hydrogen-bond donors (Lipinski definition) is 2. The minimum Gasteiger partial charge on any atom is -0.389 e. The summed E-state index contributed by atoms with van der Waals surface area (Å²) in [7, 11) is 0. The molecule has 0 unspecified atom stereocenters. The van der Waals surface area contributed by atoms with Gasteiger partial charge in [0.25, 0.3) is 0 Å². The number of nitrogens with one attached hydrogen (secondary N) is 1. The fraction of sp³-hybridized carbons (Fsp3) is 0.500. The summed E-state index contributed by atoms with van der Waals surface area (Å²) in [4.78, 5) is 3.06. The normalized spacial score (nSPS) is 13.6. The first kappa shape index (κ1) is 7.35. The summed E-state index contributed by atoms with van der Waals surface area (Å²) in [6, 6.07) is 0. The van der Waals surface area contributed by atoms with Crippen LogP contribution >= 0.6 is 0 Å². The van der Waals surface area contributed by atoms with Gasteiger partial charge >= 0.3 is 0 Å². The molecule has 0 spiro atoms. The molecule has 0 aliphatic carbocycles. The Hall–Kier alpha value is -0.760. The van der Waals surface area contributed by atoms with Gasteiger partial charge in [-0.25, -0.2) is 0 Å². The van der Waals surface area contributed by atoms with Gasteiger partial charge in [-0.3, -0.25) is 0 Å². The van der Waals surface area contributed by atoms with Crippen LogP contribution in [-0.4, -0.2) is 10.1 Å². The maximum atomic E-state index is 9.25. The number of aliphatic hydroxyl groups is 1. The third kappa shape index (κ3) is 1.07. The van der Waals surface area contributed by atoms with E-state index in [4.69, 9.17) is 0 Å². The summed E-state index contributed by atoms with van der Waals surface area (Å²) in [5.41, 5.74) is 3.22. The highest BCUT2D eigenvalue weighted by Gasteiger charge is 2.08. The predicted octanol–water partition coefficient (Wildman–Crippen LogP) is 1.68. The van der Waals surface area contributed by atoms with Crippen molar-refractivity contribution in [2.75, 3.05) is 0 Å². The molecule has 0 radical (unpaired) electrons. The van der Waals surface area contributed by atoms with E-state index in [0.29, 0.717) is 0 Å². The lowest BCUT2D eigenvalue weighted by Gasteiger charge is -2.03. The van der Waals surface area contributed by atoms with Gasteiger partial charge in [-0.1, -0.05) is 0 Å². The van der Waals surface area contributed by atoms with E-state index in [2.05, 4.69) is 4.98 Å². The van der Waals surface area contributed by atoms with Gasteiger partial charge in [0.2, 0.25) is 0 Å². The fourth-order valence-electron chi connectivity index (χ4n) is 1.31. The van der Waals surface area contributed by atoms with E-state index in [-0.39, 0.29) is 6.10 Å². The van der Waals surface area contributed by atoms with Gasteiger partial charge in [0.15, 0.2) is 0 Å². The summed E-state index contributed by atoms with van der Waals surface area (Å²) in [6.45, 7) is 5.74. The number of aliphatic hydroxyl groups excluding tert-OH is 1. The maximum absolute atomic E-state index is 9.25. The van der Waals surface area contributed by atoms with Gasteiger partial charge < -0.3 is 10.1 Å². The molecule has 1 aromatic rings. The number of aryl methyl sites for hydroxylation is 2. The number of aromatic nitrogens is 1. The first-order valence-electron chi connectivity index (χ1n) is 3.45. The van der Waals surface area contributed by atoms with Crippen LogP contribution < -0.4 is 0 Å². The van der Waals surface area contributed by atoms with Crippen LogP contribution in [0.15, 0.2) is 6.20 Å². The summed E-state index contributed by atoms with van der Waals surface area (Å²) >= 11 is 0. The maximum Gasteiger partial charge on any atom is 0.0781 e. The molecule has 0 aromatic carbocycles. The van der Waals surface area contributed by atoms with Crippen LogP contribution in [-0.2, 0) is 0 Å². The molecule has 0 aliphatic heterocycles. The minimum absolute atomic E-state index is 0.355. The average molecular weight is 139 g/mol. The second kappa shape index (κ2) is 2.46. The standard InChI is InChI=1S/C8H13NO/c1-5-4-9-6(2)8(5)7(3)10/h4,7,9-10H,1-3H3/t7-/m1/s1. The smallest absolute Gasteiger partial charge is 0.0781 e. The third-order valence-corrected chi connectivity index (χ3v) is 1.75. The summed E-state index contributed by atoms with van der Waals surface area (Å²) in [5, 5.41) is 9.25. The monoisotopic (exact) mass is 139 g/mol. The second-order valence-electron chi connectivity index (χ2n) is 2.69. The van der Waals surface area contributed by atoms with Crippen LogP contribution in [0.3, 0.4) is 0 Å².